The number of hydrogen-bond donors (Lipinski definition) is 1. The van der Waals surface area contributed by atoms with Gasteiger partial charge in [-0.15, -0.1) is 0 Å². The fourth-order valence-corrected chi connectivity index (χ4v) is 3.24. The first kappa shape index (κ1) is 20.6. The average molecular weight is 399 g/mol. The second-order valence-corrected chi connectivity index (χ2v) is 6.69. The van der Waals surface area contributed by atoms with E-state index in [1.165, 1.54) is 7.11 Å². The number of esters is 1. The molecule has 30 heavy (non-hydrogen) atoms. The lowest BCUT2D eigenvalue weighted by Crippen LogP contribution is -2.13. The lowest BCUT2D eigenvalue weighted by Gasteiger charge is -2.11. The fraction of sp³-hybridized carbons (Fsp3) is 0.125. The van der Waals surface area contributed by atoms with Crippen molar-refractivity contribution in [2.24, 2.45) is 0 Å². The highest BCUT2D eigenvalue weighted by Crippen LogP contribution is 2.24. The molecule has 0 aliphatic carbocycles. The number of aromatic nitrogens is 1. The van der Waals surface area contributed by atoms with Gasteiger partial charge in [-0.1, -0.05) is 24.3 Å². The molecule has 1 heterocycles. The van der Waals surface area contributed by atoms with E-state index in [4.69, 9.17) is 4.74 Å². The fourth-order valence-electron chi connectivity index (χ4n) is 3.24. The SMILES string of the molecule is COC(=O)c1cccc(-n2c(C)cc(/C=C(/C#N)C(=O)Nc3ccccc3)c2C)c1. The van der Waals surface area contributed by atoms with Gasteiger partial charge in [0.15, 0.2) is 0 Å². The van der Waals surface area contributed by atoms with E-state index in [0.29, 0.717) is 11.3 Å². The number of aryl methyl sites for hydroxylation is 1. The third-order valence-corrected chi connectivity index (χ3v) is 4.69. The number of nitriles is 1. The zero-order valence-corrected chi connectivity index (χ0v) is 17.0. The van der Waals surface area contributed by atoms with Crippen LogP contribution in [0.2, 0.25) is 0 Å². The van der Waals surface area contributed by atoms with E-state index in [2.05, 4.69) is 5.32 Å². The van der Waals surface area contributed by atoms with Crippen molar-refractivity contribution in [3.63, 3.8) is 0 Å². The van der Waals surface area contributed by atoms with Crippen molar-refractivity contribution in [2.75, 3.05) is 12.4 Å². The number of ether oxygens (including phenoxy) is 1. The first-order chi connectivity index (χ1) is 14.4. The van der Waals surface area contributed by atoms with Gasteiger partial charge < -0.3 is 14.6 Å². The van der Waals surface area contributed by atoms with Crippen LogP contribution in [0.15, 0.2) is 66.2 Å². The normalized spacial score (nSPS) is 10.9. The highest BCUT2D eigenvalue weighted by molar-refractivity contribution is 6.09. The van der Waals surface area contributed by atoms with Crippen molar-refractivity contribution < 1.29 is 14.3 Å². The van der Waals surface area contributed by atoms with E-state index in [-0.39, 0.29) is 5.57 Å². The number of anilines is 1. The van der Waals surface area contributed by atoms with E-state index >= 15 is 0 Å². The van der Waals surface area contributed by atoms with Crippen LogP contribution < -0.4 is 5.32 Å². The van der Waals surface area contributed by atoms with E-state index in [1.807, 2.05) is 42.7 Å². The Balaban J connectivity index is 1.96. The van der Waals surface area contributed by atoms with E-state index in [0.717, 1.165) is 22.6 Å². The van der Waals surface area contributed by atoms with Gasteiger partial charge in [-0.3, -0.25) is 4.79 Å². The summed E-state index contributed by atoms with van der Waals surface area (Å²) in [5, 5.41) is 12.2. The summed E-state index contributed by atoms with van der Waals surface area (Å²) in [7, 11) is 1.34. The van der Waals surface area contributed by atoms with E-state index in [9.17, 15) is 14.9 Å². The Bertz CT molecular complexity index is 1170. The molecule has 3 aromatic rings. The molecular weight excluding hydrogens is 378 g/mol. The number of carbonyl (C=O) groups is 2. The summed E-state index contributed by atoms with van der Waals surface area (Å²) in [5.41, 5.74) is 4.35. The van der Waals surface area contributed by atoms with Crippen LogP contribution in [-0.4, -0.2) is 23.6 Å². The van der Waals surface area contributed by atoms with Gasteiger partial charge in [0.1, 0.15) is 11.6 Å². The molecule has 0 unspecified atom stereocenters. The topological polar surface area (TPSA) is 84.1 Å². The Kier molecular flexibility index (Phi) is 6.14. The molecule has 1 amide bonds. The predicted molar refractivity (Wildman–Crippen MR) is 115 cm³/mol. The van der Waals surface area contributed by atoms with Gasteiger partial charge in [0.2, 0.25) is 0 Å². The monoisotopic (exact) mass is 399 g/mol. The van der Waals surface area contributed by atoms with Gasteiger partial charge in [-0.2, -0.15) is 5.26 Å². The first-order valence-corrected chi connectivity index (χ1v) is 9.30. The zero-order chi connectivity index (χ0) is 21.7. The molecule has 0 saturated carbocycles. The predicted octanol–water partition coefficient (Wildman–Crippen LogP) is 4.43. The number of amides is 1. The number of nitrogens with zero attached hydrogens (tertiary/aromatic N) is 2. The van der Waals surface area contributed by atoms with Gasteiger partial charge in [0.25, 0.3) is 5.91 Å². The maximum Gasteiger partial charge on any atom is 0.337 e. The highest BCUT2D eigenvalue weighted by Gasteiger charge is 2.15. The molecule has 0 aliphatic rings. The van der Waals surface area contributed by atoms with Crippen molar-refractivity contribution in [1.82, 2.24) is 4.57 Å². The summed E-state index contributed by atoms with van der Waals surface area (Å²) in [6, 6.07) is 19.9. The number of hydrogen-bond acceptors (Lipinski definition) is 4. The second kappa shape index (κ2) is 8.93. The van der Waals surface area contributed by atoms with Crippen LogP contribution in [0.1, 0.15) is 27.3 Å². The minimum absolute atomic E-state index is 0.00224. The average Bonchev–Trinajstić information content (AvgIpc) is 3.04. The Labute approximate surface area is 175 Å². The van der Waals surface area contributed by atoms with Crippen LogP contribution in [0.5, 0.6) is 0 Å². The number of carbonyl (C=O) groups excluding carboxylic acids is 2. The van der Waals surface area contributed by atoms with Crippen molar-refractivity contribution in [3.05, 3.63) is 88.8 Å². The Morgan fingerprint density at radius 1 is 1.07 bits per heavy atom. The van der Waals surface area contributed by atoms with Gasteiger partial charge in [-0.25, -0.2) is 4.79 Å². The van der Waals surface area contributed by atoms with Crippen molar-refractivity contribution in [2.45, 2.75) is 13.8 Å². The standard InChI is InChI=1S/C24H21N3O3/c1-16-12-19(13-20(15-25)23(28)26-21-9-5-4-6-10-21)17(2)27(16)22-11-7-8-18(14-22)24(29)30-3/h4-14H,1-3H3,(H,26,28)/b20-13-. The molecule has 2 aromatic carbocycles. The molecule has 0 radical (unpaired) electrons. The molecule has 150 valence electrons. The van der Waals surface area contributed by atoms with Crippen molar-refractivity contribution in [3.8, 4) is 11.8 Å². The van der Waals surface area contributed by atoms with Gasteiger partial charge in [0, 0.05) is 22.8 Å². The number of methoxy groups -OCH3 is 1. The Morgan fingerprint density at radius 2 is 1.80 bits per heavy atom. The molecule has 0 spiro atoms. The molecule has 6 heteroatoms. The van der Waals surface area contributed by atoms with Crippen LogP contribution >= 0.6 is 0 Å². The van der Waals surface area contributed by atoms with E-state index in [1.54, 1.807) is 48.5 Å². The number of benzene rings is 2. The van der Waals surface area contributed by atoms with Crippen LogP contribution in [0.25, 0.3) is 11.8 Å². The van der Waals surface area contributed by atoms with Crippen LogP contribution in [0.4, 0.5) is 5.69 Å². The molecule has 3 rings (SSSR count). The lowest BCUT2D eigenvalue weighted by molar-refractivity contribution is -0.112. The van der Waals surface area contributed by atoms with Crippen molar-refractivity contribution >= 4 is 23.6 Å². The van der Waals surface area contributed by atoms with Crippen molar-refractivity contribution in [1.29, 1.82) is 5.26 Å². The maximum atomic E-state index is 12.5. The molecule has 1 N–H and O–H groups in total. The number of nitrogens with one attached hydrogen (secondary N) is 1. The van der Waals surface area contributed by atoms with Gasteiger partial charge >= 0.3 is 5.97 Å². The second-order valence-electron chi connectivity index (χ2n) is 6.69. The van der Waals surface area contributed by atoms with Crippen LogP contribution in [0.3, 0.4) is 0 Å². The van der Waals surface area contributed by atoms with Crippen LogP contribution in [-0.2, 0) is 9.53 Å². The van der Waals surface area contributed by atoms with Gasteiger partial charge in [-0.05, 0) is 61.9 Å². The molecular formula is C24H21N3O3. The lowest BCUT2D eigenvalue weighted by atomic mass is 10.1. The molecule has 0 saturated heterocycles. The smallest absolute Gasteiger partial charge is 0.337 e. The van der Waals surface area contributed by atoms with E-state index < -0.39 is 11.9 Å². The minimum atomic E-state index is -0.471. The third-order valence-electron chi connectivity index (χ3n) is 4.69. The Morgan fingerprint density at radius 3 is 2.47 bits per heavy atom. The molecule has 0 atom stereocenters. The van der Waals surface area contributed by atoms with Gasteiger partial charge in [0.05, 0.1) is 12.7 Å². The zero-order valence-electron chi connectivity index (χ0n) is 17.0. The maximum absolute atomic E-state index is 12.5. The highest BCUT2D eigenvalue weighted by atomic mass is 16.5. The quantitative estimate of drug-likeness (QED) is 0.391. The minimum Gasteiger partial charge on any atom is -0.465 e. The Hall–Kier alpha value is -4.11. The summed E-state index contributed by atoms with van der Waals surface area (Å²) >= 11 is 0. The molecule has 0 fully saturated rings. The van der Waals surface area contributed by atoms with Crippen LogP contribution in [0, 0.1) is 25.2 Å². The largest absolute Gasteiger partial charge is 0.465 e. The number of rotatable bonds is 5. The first-order valence-electron chi connectivity index (χ1n) is 9.30. The summed E-state index contributed by atoms with van der Waals surface area (Å²) in [4.78, 5) is 24.4. The third kappa shape index (κ3) is 4.31. The summed E-state index contributed by atoms with van der Waals surface area (Å²) in [6.07, 6.45) is 1.57. The summed E-state index contributed by atoms with van der Waals surface area (Å²) in [5.74, 6) is -0.884. The molecule has 0 bridgehead atoms. The molecule has 0 aliphatic heterocycles. The molecule has 1 aromatic heterocycles. The number of para-hydroxylation sites is 1. The summed E-state index contributed by atoms with van der Waals surface area (Å²) in [6.45, 7) is 3.82. The summed E-state index contributed by atoms with van der Waals surface area (Å²) < 4.78 is 6.76. The molecule has 6 nitrogen and oxygen atoms in total.